The molecule has 106 valence electrons. The van der Waals surface area contributed by atoms with Gasteiger partial charge in [-0.3, -0.25) is 4.79 Å². The predicted octanol–water partition coefficient (Wildman–Crippen LogP) is 3.29. The lowest BCUT2D eigenvalue weighted by Crippen LogP contribution is -2.48. The fourth-order valence-corrected chi connectivity index (χ4v) is 3.07. The number of nitrogens with one attached hydrogen (secondary N) is 1. The van der Waals surface area contributed by atoms with Gasteiger partial charge in [-0.1, -0.05) is 40.5 Å². The minimum Gasteiger partial charge on any atom is -0.481 e. The quantitative estimate of drug-likeness (QED) is 0.765. The van der Waals surface area contributed by atoms with E-state index in [1.54, 1.807) is 0 Å². The van der Waals surface area contributed by atoms with Gasteiger partial charge in [-0.05, 0) is 31.1 Å². The Kier molecular flexibility index (Phi) is 5.64. The maximum absolute atomic E-state index is 11.5. The molecule has 0 radical (unpaired) electrons. The van der Waals surface area contributed by atoms with Crippen LogP contribution in [0.2, 0.25) is 0 Å². The number of aliphatic carboxylic acids is 1. The molecule has 3 nitrogen and oxygen atoms in total. The largest absolute Gasteiger partial charge is 0.481 e. The first kappa shape index (κ1) is 15.5. The SMILES string of the molecule is CCC(CC)(CNC1CCCC(C)C1C)C(=O)O. The topological polar surface area (TPSA) is 49.3 Å². The second-order valence-corrected chi connectivity index (χ2v) is 6.05. The first-order chi connectivity index (χ1) is 8.46. The lowest BCUT2D eigenvalue weighted by Gasteiger charge is -2.37. The summed E-state index contributed by atoms with van der Waals surface area (Å²) in [6, 6.07) is 0.491. The molecule has 0 aromatic carbocycles. The van der Waals surface area contributed by atoms with Crippen LogP contribution >= 0.6 is 0 Å². The number of rotatable bonds is 6. The molecule has 1 rings (SSSR count). The van der Waals surface area contributed by atoms with E-state index in [1.807, 2.05) is 13.8 Å². The van der Waals surface area contributed by atoms with Gasteiger partial charge in [-0.15, -0.1) is 0 Å². The average Bonchev–Trinajstić information content (AvgIpc) is 2.35. The van der Waals surface area contributed by atoms with Crippen molar-refractivity contribution in [3.05, 3.63) is 0 Å². The zero-order valence-electron chi connectivity index (χ0n) is 12.3. The molecular weight excluding hydrogens is 226 g/mol. The molecule has 0 heterocycles. The number of hydrogen-bond donors (Lipinski definition) is 2. The van der Waals surface area contributed by atoms with Crippen molar-refractivity contribution in [1.29, 1.82) is 0 Å². The van der Waals surface area contributed by atoms with Crippen LogP contribution in [0, 0.1) is 17.3 Å². The third kappa shape index (κ3) is 3.25. The Hall–Kier alpha value is -0.570. The minimum absolute atomic E-state index is 0.491. The highest BCUT2D eigenvalue weighted by atomic mass is 16.4. The van der Waals surface area contributed by atoms with Crippen LogP contribution in [0.15, 0.2) is 0 Å². The minimum atomic E-state index is -0.656. The zero-order valence-corrected chi connectivity index (χ0v) is 12.3. The first-order valence-electron chi connectivity index (χ1n) is 7.43. The van der Waals surface area contributed by atoms with Crippen molar-refractivity contribution >= 4 is 5.97 Å². The Labute approximate surface area is 111 Å². The van der Waals surface area contributed by atoms with Gasteiger partial charge in [-0.2, -0.15) is 0 Å². The third-order valence-electron chi connectivity index (χ3n) is 5.22. The molecule has 0 spiro atoms. The number of carboxylic acid groups (broad SMARTS) is 1. The van der Waals surface area contributed by atoms with Crippen molar-refractivity contribution < 1.29 is 9.90 Å². The second-order valence-electron chi connectivity index (χ2n) is 6.05. The number of hydrogen-bond acceptors (Lipinski definition) is 2. The van der Waals surface area contributed by atoms with Crippen molar-refractivity contribution in [1.82, 2.24) is 5.32 Å². The lowest BCUT2D eigenvalue weighted by molar-refractivity contribution is -0.149. The Balaban J connectivity index is 2.59. The first-order valence-corrected chi connectivity index (χ1v) is 7.43. The van der Waals surface area contributed by atoms with Gasteiger partial charge >= 0.3 is 5.97 Å². The molecule has 0 saturated heterocycles. The molecule has 0 bridgehead atoms. The fourth-order valence-electron chi connectivity index (χ4n) is 3.07. The van der Waals surface area contributed by atoms with Gasteiger partial charge in [0.15, 0.2) is 0 Å². The van der Waals surface area contributed by atoms with Crippen molar-refractivity contribution in [2.45, 2.75) is 65.8 Å². The maximum atomic E-state index is 11.5. The Morgan fingerprint density at radius 3 is 2.39 bits per heavy atom. The standard InChI is InChI=1S/C15H29NO2/c1-5-15(6-2,14(17)18)10-16-13-9-7-8-11(3)12(13)4/h11-13,16H,5-10H2,1-4H3,(H,17,18). The van der Waals surface area contributed by atoms with Gasteiger partial charge in [-0.25, -0.2) is 0 Å². The summed E-state index contributed by atoms with van der Waals surface area (Å²) in [5.74, 6) is 0.745. The van der Waals surface area contributed by atoms with Crippen LogP contribution in [0.4, 0.5) is 0 Å². The van der Waals surface area contributed by atoms with Crippen LogP contribution in [-0.2, 0) is 4.79 Å². The van der Waals surface area contributed by atoms with Crippen LogP contribution < -0.4 is 5.32 Å². The Morgan fingerprint density at radius 2 is 1.89 bits per heavy atom. The lowest BCUT2D eigenvalue weighted by atomic mass is 9.76. The molecule has 0 amide bonds. The monoisotopic (exact) mass is 255 g/mol. The van der Waals surface area contributed by atoms with E-state index in [9.17, 15) is 9.90 Å². The highest BCUT2D eigenvalue weighted by Gasteiger charge is 2.36. The molecule has 1 aliphatic rings. The number of carbonyl (C=O) groups is 1. The molecule has 3 atom stereocenters. The predicted molar refractivity (Wildman–Crippen MR) is 74.6 cm³/mol. The van der Waals surface area contributed by atoms with Crippen LogP contribution in [-0.4, -0.2) is 23.7 Å². The summed E-state index contributed by atoms with van der Waals surface area (Å²) in [5.41, 5.74) is -0.583. The van der Waals surface area contributed by atoms with E-state index >= 15 is 0 Å². The Bertz CT molecular complexity index is 274. The summed E-state index contributed by atoms with van der Waals surface area (Å²) in [6.07, 6.45) is 5.16. The summed E-state index contributed by atoms with van der Waals surface area (Å²) in [4.78, 5) is 11.5. The van der Waals surface area contributed by atoms with Gasteiger partial charge in [0.25, 0.3) is 0 Å². The Morgan fingerprint density at radius 1 is 1.28 bits per heavy atom. The summed E-state index contributed by atoms with van der Waals surface area (Å²) >= 11 is 0. The van der Waals surface area contributed by atoms with E-state index in [4.69, 9.17) is 0 Å². The molecule has 3 heteroatoms. The third-order valence-corrected chi connectivity index (χ3v) is 5.22. The molecule has 0 aliphatic heterocycles. The van der Waals surface area contributed by atoms with Crippen molar-refractivity contribution in [3.8, 4) is 0 Å². The van der Waals surface area contributed by atoms with Crippen LogP contribution in [0.1, 0.15) is 59.8 Å². The highest BCUT2D eigenvalue weighted by molar-refractivity contribution is 5.74. The van der Waals surface area contributed by atoms with Crippen LogP contribution in [0.25, 0.3) is 0 Å². The van der Waals surface area contributed by atoms with Crippen LogP contribution in [0.5, 0.6) is 0 Å². The van der Waals surface area contributed by atoms with Gasteiger partial charge < -0.3 is 10.4 Å². The molecule has 1 aliphatic carbocycles. The average molecular weight is 255 g/mol. The molecule has 0 aromatic rings. The van der Waals surface area contributed by atoms with Crippen molar-refractivity contribution in [2.75, 3.05) is 6.54 Å². The summed E-state index contributed by atoms with van der Waals surface area (Å²) in [6.45, 7) is 9.17. The van der Waals surface area contributed by atoms with E-state index in [-0.39, 0.29) is 0 Å². The van der Waals surface area contributed by atoms with Gasteiger partial charge in [0.05, 0.1) is 5.41 Å². The van der Waals surface area contributed by atoms with E-state index < -0.39 is 11.4 Å². The van der Waals surface area contributed by atoms with E-state index in [2.05, 4.69) is 19.2 Å². The second kappa shape index (κ2) is 6.55. The maximum Gasteiger partial charge on any atom is 0.310 e. The van der Waals surface area contributed by atoms with Gasteiger partial charge in [0.2, 0.25) is 0 Å². The molecular formula is C15H29NO2. The summed E-state index contributed by atoms with van der Waals surface area (Å²) < 4.78 is 0. The molecule has 1 fully saturated rings. The highest BCUT2D eigenvalue weighted by Crippen LogP contribution is 2.31. The molecule has 18 heavy (non-hydrogen) atoms. The molecule has 3 unspecified atom stereocenters. The molecule has 0 aromatic heterocycles. The summed E-state index contributed by atoms with van der Waals surface area (Å²) in [5, 5.41) is 13.0. The van der Waals surface area contributed by atoms with E-state index in [0.29, 0.717) is 31.3 Å². The number of carboxylic acids is 1. The fraction of sp³-hybridized carbons (Fsp3) is 0.933. The molecule has 2 N–H and O–H groups in total. The smallest absolute Gasteiger partial charge is 0.310 e. The molecule has 1 saturated carbocycles. The zero-order chi connectivity index (χ0) is 13.8. The van der Waals surface area contributed by atoms with Crippen LogP contribution in [0.3, 0.4) is 0 Å². The van der Waals surface area contributed by atoms with Gasteiger partial charge in [0, 0.05) is 12.6 Å². The van der Waals surface area contributed by atoms with Gasteiger partial charge in [0.1, 0.15) is 0 Å². The van der Waals surface area contributed by atoms with Crippen molar-refractivity contribution in [2.24, 2.45) is 17.3 Å². The summed E-state index contributed by atoms with van der Waals surface area (Å²) in [7, 11) is 0. The normalized spacial score (nSPS) is 29.2. The van der Waals surface area contributed by atoms with E-state index in [1.165, 1.54) is 19.3 Å². The van der Waals surface area contributed by atoms with E-state index in [0.717, 1.165) is 5.92 Å². The van der Waals surface area contributed by atoms with Crippen molar-refractivity contribution in [3.63, 3.8) is 0 Å².